The van der Waals surface area contributed by atoms with Gasteiger partial charge in [-0.15, -0.1) is 0 Å². The third kappa shape index (κ3) is 9.46. The van der Waals surface area contributed by atoms with Gasteiger partial charge in [0.25, 0.3) is 0 Å². The second kappa shape index (κ2) is 13.2. The molecule has 0 fully saturated rings. The molecule has 0 aliphatic rings. The van der Waals surface area contributed by atoms with Crippen molar-refractivity contribution in [3.05, 3.63) is 69.7 Å². The molecule has 0 spiro atoms. The minimum Gasteiger partial charge on any atom is -0.415 e. The van der Waals surface area contributed by atoms with Crippen molar-refractivity contribution in [2.45, 2.75) is 57.3 Å². The molecule has 0 aliphatic carbocycles. The Morgan fingerprint density at radius 3 is 2.35 bits per heavy atom. The third-order valence-electron chi connectivity index (χ3n) is 4.87. The van der Waals surface area contributed by atoms with Gasteiger partial charge in [-0.05, 0) is 46.9 Å². The van der Waals surface area contributed by atoms with Crippen LogP contribution in [0.4, 0.5) is 0 Å². The maximum atomic E-state index is 9.17. The SMILES string of the molecule is CC[C@@H](CSCCO)N[C@H](c1ccc(Cl)cc1)[C@H](O[SiH2]C(C)(C)C)c1cccc(Cl)c1. The number of nitrogens with one attached hydrogen (secondary N) is 1. The second-order valence-corrected chi connectivity index (χ2v) is 13.7. The highest BCUT2D eigenvalue weighted by molar-refractivity contribution is 7.99. The van der Waals surface area contributed by atoms with Crippen molar-refractivity contribution in [3.8, 4) is 0 Å². The monoisotopic (exact) mass is 499 g/mol. The van der Waals surface area contributed by atoms with E-state index in [1.165, 1.54) is 0 Å². The van der Waals surface area contributed by atoms with Crippen LogP contribution in [0.25, 0.3) is 0 Å². The second-order valence-electron chi connectivity index (χ2n) is 8.95. The summed E-state index contributed by atoms with van der Waals surface area (Å²) in [6.07, 6.45) is 0.837. The zero-order valence-electron chi connectivity index (χ0n) is 18.9. The molecule has 0 heterocycles. The molecule has 7 heteroatoms. The highest BCUT2D eigenvalue weighted by Crippen LogP contribution is 2.36. The largest absolute Gasteiger partial charge is 0.415 e. The van der Waals surface area contributed by atoms with Gasteiger partial charge in [-0.1, -0.05) is 75.2 Å². The molecule has 0 unspecified atom stereocenters. The van der Waals surface area contributed by atoms with Crippen molar-refractivity contribution in [1.29, 1.82) is 0 Å². The molecule has 0 aliphatic heterocycles. The van der Waals surface area contributed by atoms with Gasteiger partial charge in [-0.2, -0.15) is 11.8 Å². The molecule has 0 aromatic heterocycles. The molecule has 2 rings (SSSR count). The summed E-state index contributed by atoms with van der Waals surface area (Å²) in [6, 6.07) is 16.3. The van der Waals surface area contributed by atoms with E-state index in [2.05, 4.69) is 51.2 Å². The van der Waals surface area contributed by atoms with Crippen molar-refractivity contribution in [1.82, 2.24) is 5.32 Å². The molecule has 3 nitrogen and oxygen atoms in total. The maximum absolute atomic E-state index is 9.17. The standard InChI is InChI=1S/C24H35Cl2NO2SSi/c1-5-21(16-30-14-13-28)27-22(17-9-11-19(25)12-10-17)23(29-31-24(2,3)4)18-7-6-8-20(26)15-18/h6-12,15,21-23,27-28H,5,13-14,16,31H2,1-4H3/t21-,22+,23+/m0/s1. The third-order valence-corrected chi connectivity index (χ3v) is 7.86. The zero-order valence-corrected chi connectivity index (χ0v) is 22.6. The summed E-state index contributed by atoms with van der Waals surface area (Å²) in [4.78, 5) is 0. The van der Waals surface area contributed by atoms with Crippen LogP contribution in [0.2, 0.25) is 15.1 Å². The Morgan fingerprint density at radius 2 is 1.77 bits per heavy atom. The van der Waals surface area contributed by atoms with Crippen LogP contribution in [0.3, 0.4) is 0 Å². The highest BCUT2D eigenvalue weighted by Gasteiger charge is 2.29. The number of thioether (sulfide) groups is 1. The molecule has 0 amide bonds. The summed E-state index contributed by atoms with van der Waals surface area (Å²) in [5.74, 6) is 1.68. The minimum atomic E-state index is -0.817. The number of aliphatic hydroxyl groups is 1. The summed E-state index contributed by atoms with van der Waals surface area (Å²) in [5.41, 5.74) is 2.22. The van der Waals surface area contributed by atoms with Crippen molar-refractivity contribution >= 4 is 44.7 Å². The van der Waals surface area contributed by atoms with Gasteiger partial charge in [-0.3, -0.25) is 0 Å². The van der Waals surface area contributed by atoms with Crippen molar-refractivity contribution < 1.29 is 9.53 Å². The van der Waals surface area contributed by atoms with Crippen LogP contribution in [-0.2, 0) is 4.43 Å². The Kier molecular flexibility index (Phi) is 11.4. The predicted octanol–water partition coefficient (Wildman–Crippen LogP) is 6.19. The summed E-state index contributed by atoms with van der Waals surface area (Å²) < 4.78 is 6.70. The van der Waals surface area contributed by atoms with Crippen LogP contribution in [-0.4, -0.2) is 39.0 Å². The molecule has 3 atom stereocenters. The van der Waals surface area contributed by atoms with Crippen LogP contribution in [0.5, 0.6) is 0 Å². The van der Waals surface area contributed by atoms with E-state index in [4.69, 9.17) is 32.7 Å². The number of halogens is 2. The molecule has 172 valence electrons. The maximum Gasteiger partial charge on any atom is 0.167 e. The Balaban J connectivity index is 2.41. The van der Waals surface area contributed by atoms with E-state index in [0.717, 1.165) is 34.1 Å². The highest BCUT2D eigenvalue weighted by atomic mass is 35.5. The first-order valence-electron chi connectivity index (χ1n) is 10.8. The summed E-state index contributed by atoms with van der Waals surface area (Å²) in [6.45, 7) is 9.10. The summed E-state index contributed by atoms with van der Waals surface area (Å²) >= 11 is 14.3. The first-order valence-corrected chi connectivity index (χ1v) is 14.0. The van der Waals surface area contributed by atoms with Crippen LogP contribution in [0.1, 0.15) is 57.4 Å². The molecule has 0 radical (unpaired) electrons. The number of benzene rings is 2. The van der Waals surface area contributed by atoms with E-state index in [0.29, 0.717) is 11.1 Å². The first kappa shape index (κ1) is 26.7. The molecule has 0 saturated heterocycles. The van der Waals surface area contributed by atoms with Gasteiger partial charge >= 0.3 is 0 Å². The van der Waals surface area contributed by atoms with Crippen molar-refractivity contribution in [2.75, 3.05) is 18.1 Å². The number of aliphatic hydroxyl groups excluding tert-OH is 1. The predicted molar refractivity (Wildman–Crippen MR) is 139 cm³/mol. The smallest absolute Gasteiger partial charge is 0.167 e. The van der Waals surface area contributed by atoms with E-state index >= 15 is 0 Å². The van der Waals surface area contributed by atoms with Crippen molar-refractivity contribution in [3.63, 3.8) is 0 Å². The van der Waals surface area contributed by atoms with E-state index in [-0.39, 0.29) is 23.8 Å². The van der Waals surface area contributed by atoms with Crippen LogP contribution >= 0.6 is 35.0 Å². The molecule has 0 bridgehead atoms. The minimum absolute atomic E-state index is 0.0368. The van der Waals surface area contributed by atoms with E-state index < -0.39 is 9.76 Å². The Hall–Kier alpha value is -0.533. The molecule has 0 saturated carbocycles. The van der Waals surface area contributed by atoms with E-state index in [1.807, 2.05) is 30.3 Å². The Morgan fingerprint density at radius 1 is 1.06 bits per heavy atom. The Bertz CT molecular complexity index is 786. The fourth-order valence-corrected chi connectivity index (χ4v) is 5.57. The average Bonchev–Trinajstić information content (AvgIpc) is 2.72. The molecular weight excluding hydrogens is 465 g/mol. The van der Waals surface area contributed by atoms with Gasteiger partial charge in [0.2, 0.25) is 0 Å². The zero-order chi connectivity index (χ0) is 22.9. The van der Waals surface area contributed by atoms with Crippen LogP contribution < -0.4 is 5.32 Å². The van der Waals surface area contributed by atoms with E-state index in [9.17, 15) is 0 Å². The summed E-state index contributed by atoms with van der Waals surface area (Å²) in [7, 11) is -0.817. The quantitative estimate of drug-likeness (QED) is 0.269. The summed E-state index contributed by atoms with van der Waals surface area (Å²) in [5, 5.41) is 14.6. The van der Waals surface area contributed by atoms with Crippen LogP contribution in [0.15, 0.2) is 48.5 Å². The fourth-order valence-electron chi connectivity index (χ4n) is 3.26. The lowest BCUT2D eigenvalue weighted by Gasteiger charge is -2.34. The van der Waals surface area contributed by atoms with Gasteiger partial charge < -0.3 is 14.8 Å². The lowest BCUT2D eigenvalue weighted by Crippen LogP contribution is -2.39. The molecular formula is C24H35Cl2NO2SSi. The number of hydrogen-bond donors (Lipinski definition) is 2. The lowest BCUT2D eigenvalue weighted by molar-refractivity contribution is 0.149. The number of hydrogen-bond acceptors (Lipinski definition) is 4. The average molecular weight is 501 g/mol. The topological polar surface area (TPSA) is 41.5 Å². The number of rotatable bonds is 12. The molecule has 31 heavy (non-hydrogen) atoms. The molecule has 2 aromatic rings. The van der Waals surface area contributed by atoms with Gasteiger partial charge in [-0.25, -0.2) is 0 Å². The van der Waals surface area contributed by atoms with Gasteiger partial charge in [0.1, 0.15) is 0 Å². The normalized spacial score (nSPS) is 15.3. The van der Waals surface area contributed by atoms with Crippen LogP contribution in [0, 0.1) is 0 Å². The Labute approximate surface area is 204 Å². The van der Waals surface area contributed by atoms with Gasteiger partial charge in [0.05, 0.1) is 18.8 Å². The van der Waals surface area contributed by atoms with Crippen molar-refractivity contribution in [2.24, 2.45) is 0 Å². The fraction of sp³-hybridized carbons (Fsp3) is 0.500. The van der Waals surface area contributed by atoms with E-state index in [1.54, 1.807) is 11.8 Å². The first-order chi connectivity index (χ1) is 14.7. The lowest BCUT2D eigenvalue weighted by atomic mass is 9.95. The van der Waals surface area contributed by atoms with Gasteiger partial charge in [0.15, 0.2) is 9.76 Å². The molecule has 2 aromatic carbocycles. The molecule has 2 N–H and O–H groups in total. The van der Waals surface area contributed by atoms with Gasteiger partial charge in [0, 0.05) is 27.6 Å².